The van der Waals surface area contributed by atoms with Crippen molar-refractivity contribution < 1.29 is 4.79 Å². The SMILES string of the molecule is Nc1ccc(C(=O)c2cc(Br)ccc2Cl)cc1Br. The van der Waals surface area contributed by atoms with Crippen LogP contribution in [0.4, 0.5) is 5.69 Å². The third-order valence-electron chi connectivity index (χ3n) is 2.44. The van der Waals surface area contributed by atoms with Crippen LogP contribution in [0.5, 0.6) is 0 Å². The zero-order chi connectivity index (χ0) is 13.3. The van der Waals surface area contributed by atoms with Gasteiger partial charge in [-0.1, -0.05) is 27.5 Å². The van der Waals surface area contributed by atoms with Crippen LogP contribution in [0.2, 0.25) is 5.02 Å². The van der Waals surface area contributed by atoms with Crippen molar-refractivity contribution in [3.63, 3.8) is 0 Å². The normalized spacial score (nSPS) is 10.4. The second-order valence-corrected chi connectivity index (χ2v) is 5.87. The molecule has 2 rings (SSSR count). The van der Waals surface area contributed by atoms with Gasteiger partial charge in [-0.2, -0.15) is 0 Å². The minimum absolute atomic E-state index is 0.137. The molecule has 0 heterocycles. The summed E-state index contributed by atoms with van der Waals surface area (Å²) in [6.45, 7) is 0. The number of ketones is 1. The predicted octanol–water partition coefficient (Wildman–Crippen LogP) is 4.68. The Bertz CT molecular complexity index is 628. The Morgan fingerprint density at radius 3 is 2.50 bits per heavy atom. The fourth-order valence-corrected chi connectivity index (χ4v) is 2.44. The molecule has 2 N–H and O–H groups in total. The Labute approximate surface area is 126 Å². The van der Waals surface area contributed by atoms with Gasteiger partial charge in [0.1, 0.15) is 0 Å². The summed E-state index contributed by atoms with van der Waals surface area (Å²) in [5.41, 5.74) is 7.28. The average molecular weight is 389 g/mol. The van der Waals surface area contributed by atoms with E-state index in [0.29, 0.717) is 26.3 Å². The first-order chi connectivity index (χ1) is 8.49. The van der Waals surface area contributed by atoms with Crippen LogP contribution in [-0.4, -0.2) is 5.78 Å². The molecule has 0 saturated carbocycles. The number of hydrogen-bond acceptors (Lipinski definition) is 2. The molecule has 0 unspecified atom stereocenters. The summed E-state index contributed by atoms with van der Waals surface area (Å²) in [4.78, 5) is 12.3. The van der Waals surface area contributed by atoms with Gasteiger partial charge >= 0.3 is 0 Å². The minimum atomic E-state index is -0.137. The second-order valence-electron chi connectivity index (χ2n) is 3.69. The lowest BCUT2D eigenvalue weighted by atomic mass is 10.0. The lowest BCUT2D eigenvalue weighted by Crippen LogP contribution is -2.03. The highest BCUT2D eigenvalue weighted by Crippen LogP contribution is 2.26. The molecule has 0 radical (unpaired) electrons. The molecular formula is C13H8Br2ClNO. The fraction of sp³-hybridized carbons (Fsp3) is 0. The Morgan fingerprint density at radius 1 is 1.11 bits per heavy atom. The fourth-order valence-electron chi connectivity index (χ4n) is 1.50. The summed E-state index contributed by atoms with van der Waals surface area (Å²) in [6, 6.07) is 10.2. The summed E-state index contributed by atoms with van der Waals surface area (Å²) in [5.74, 6) is -0.137. The maximum Gasteiger partial charge on any atom is 0.194 e. The maximum absolute atomic E-state index is 12.3. The number of hydrogen-bond donors (Lipinski definition) is 1. The molecule has 0 aliphatic carbocycles. The molecule has 0 aromatic heterocycles. The monoisotopic (exact) mass is 387 g/mol. The molecular weight excluding hydrogens is 381 g/mol. The van der Waals surface area contributed by atoms with Gasteiger partial charge in [0, 0.05) is 25.8 Å². The molecule has 0 bridgehead atoms. The quantitative estimate of drug-likeness (QED) is 0.599. The second kappa shape index (κ2) is 5.43. The van der Waals surface area contributed by atoms with Crippen molar-refractivity contribution in [3.05, 3.63) is 61.5 Å². The van der Waals surface area contributed by atoms with Crippen LogP contribution < -0.4 is 5.73 Å². The highest BCUT2D eigenvalue weighted by Gasteiger charge is 2.14. The molecule has 5 heteroatoms. The number of anilines is 1. The Kier molecular flexibility index (Phi) is 4.10. The first kappa shape index (κ1) is 13.6. The third kappa shape index (κ3) is 2.76. The molecule has 0 spiro atoms. The zero-order valence-corrected chi connectivity index (χ0v) is 13.0. The topological polar surface area (TPSA) is 43.1 Å². The molecule has 18 heavy (non-hydrogen) atoms. The number of carbonyl (C=O) groups is 1. The van der Waals surface area contributed by atoms with Crippen molar-refractivity contribution in [2.75, 3.05) is 5.73 Å². The van der Waals surface area contributed by atoms with E-state index in [2.05, 4.69) is 31.9 Å². The molecule has 0 fully saturated rings. The van der Waals surface area contributed by atoms with Crippen LogP contribution in [0, 0.1) is 0 Å². The van der Waals surface area contributed by atoms with E-state index in [1.807, 2.05) is 0 Å². The standard InChI is InChI=1S/C13H8Br2ClNO/c14-8-2-3-11(16)9(6-8)13(18)7-1-4-12(17)10(15)5-7/h1-6H,17H2. The average Bonchev–Trinajstić information content (AvgIpc) is 2.35. The van der Waals surface area contributed by atoms with Gasteiger partial charge in [-0.3, -0.25) is 4.79 Å². The lowest BCUT2D eigenvalue weighted by molar-refractivity contribution is 0.103. The van der Waals surface area contributed by atoms with E-state index in [4.69, 9.17) is 17.3 Å². The van der Waals surface area contributed by atoms with Gasteiger partial charge in [0.2, 0.25) is 0 Å². The maximum atomic E-state index is 12.3. The molecule has 0 amide bonds. The van der Waals surface area contributed by atoms with Gasteiger partial charge in [0.05, 0.1) is 5.02 Å². The van der Waals surface area contributed by atoms with Crippen LogP contribution in [0.15, 0.2) is 45.3 Å². The van der Waals surface area contributed by atoms with Crippen molar-refractivity contribution in [2.24, 2.45) is 0 Å². The van der Waals surface area contributed by atoms with Gasteiger partial charge in [0.25, 0.3) is 0 Å². The first-order valence-electron chi connectivity index (χ1n) is 5.04. The minimum Gasteiger partial charge on any atom is -0.398 e. The van der Waals surface area contributed by atoms with Gasteiger partial charge in [0.15, 0.2) is 5.78 Å². The number of benzene rings is 2. The van der Waals surface area contributed by atoms with E-state index in [1.54, 1.807) is 36.4 Å². The lowest BCUT2D eigenvalue weighted by Gasteiger charge is -2.06. The summed E-state index contributed by atoms with van der Waals surface area (Å²) in [7, 11) is 0. The Balaban J connectivity index is 2.47. The highest BCUT2D eigenvalue weighted by molar-refractivity contribution is 9.10. The largest absolute Gasteiger partial charge is 0.398 e. The first-order valence-corrected chi connectivity index (χ1v) is 7.00. The van der Waals surface area contributed by atoms with Crippen molar-refractivity contribution in [2.45, 2.75) is 0 Å². The van der Waals surface area contributed by atoms with E-state index in [-0.39, 0.29) is 5.78 Å². The molecule has 0 aliphatic heterocycles. The van der Waals surface area contributed by atoms with Crippen LogP contribution >= 0.6 is 43.5 Å². The van der Waals surface area contributed by atoms with Crippen LogP contribution in [0.1, 0.15) is 15.9 Å². The van der Waals surface area contributed by atoms with Gasteiger partial charge < -0.3 is 5.73 Å². The number of rotatable bonds is 2. The number of nitrogen functional groups attached to an aromatic ring is 1. The highest BCUT2D eigenvalue weighted by atomic mass is 79.9. The van der Waals surface area contributed by atoms with Gasteiger partial charge in [-0.15, -0.1) is 0 Å². The molecule has 2 aromatic carbocycles. The molecule has 0 atom stereocenters. The van der Waals surface area contributed by atoms with Crippen molar-refractivity contribution in [1.82, 2.24) is 0 Å². The molecule has 0 aliphatic rings. The number of halogens is 3. The Morgan fingerprint density at radius 2 is 1.83 bits per heavy atom. The van der Waals surface area contributed by atoms with E-state index in [0.717, 1.165) is 4.47 Å². The molecule has 92 valence electrons. The molecule has 0 saturated heterocycles. The van der Waals surface area contributed by atoms with E-state index in [1.165, 1.54) is 0 Å². The zero-order valence-electron chi connectivity index (χ0n) is 9.08. The number of carbonyl (C=O) groups excluding carboxylic acids is 1. The van der Waals surface area contributed by atoms with E-state index in [9.17, 15) is 4.79 Å². The molecule has 2 nitrogen and oxygen atoms in total. The summed E-state index contributed by atoms with van der Waals surface area (Å²) in [6.07, 6.45) is 0. The van der Waals surface area contributed by atoms with Crippen LogP contribution in [0.25, 0.3) is 0 Å². The summed E-state index contributed by atoms with van der Waals surface area (Å²) in [5, 5.41) is 0.427. The van der Waals surface area contributed by atoms with Crippen LogP contribution in [-0.2, 0) is 0 Å². The summed E-state index contributed by atoms with van der Waals surface area (Å²) < 4.78 is 1.50. The van der Waals surface area contributed by atoms with E-state index >= 15 is 0 Å². The third-order valence-corrected chi connectivity index (χ3v) is 3.95. The van der Waals surface area contributed by atoms with Crippen molar-refractivity contribution in [1.29, 1.82) is 0 Å². The number of nitrogens with two attached hydrogens (primary N) is 1. The van der Waals surface area contributed by atoms with Crippen molar-refractivity contribution in [3.8, 4) is 0 Å². The van der Waals surface area contributed by atoms with Crippen LogP contribution in [0.3, 0.4) is 0 Å². The van der Waals surface area contributed by atoms with Gasteiger partial charge in [-0.05, 0) is 52.3 Å². The van der Waals surface area contributed by atoms with E-state index < -0.39 is 0 Å². The smallest absolute Gasteiger partial charge is 0.194 e. The van der Waals surface area contributed by atoms with Gasteiger partial charge in [-0.25, -0.2) is 0 Å². The predicted molar refractivity (Wildman–Crippen MR) is 81.1 cm³/mol. The Hall–Kier alpha value is -0.840. The van der Waals surface area contributed by atoms with Crippen molar-refractivity contribution >= 4 is 54.9 Å². The molecule has 2 aromatic rings. The summed E-state index contributed by atoms with van der Waals surface area (Å²) >= 11 is 12.7.